The van der Waals surface area contributed by atoms with Gasteiger partial charge in [-0.15, -0.1) is 0 Å². The second-order valence-corrected chi connectivity index (χ2v) is 5.07. The molecule has 0 bridgehead atoms. The Bertz CT molecular complexity index is 458. The molecule has 1 aliphatic rings. The summed E-state index contributed by atoms with van der Waals surface area (Å²) in [7, 11) is 0. The third-order valence-electron chi connectivity index (χ3n) is 2.62. The zero-order valence-electron chi connectivity index (χ0n) is 9.84. The fraction of sp³-hybridized carbons (Fsp3) is 0.600. The minimum absolute atomic E-state index is 0.362. The molecule has 1 atom stereocenters. The molecule has 0 aromatic carbocycles. The van der Waals surface area contributed by atoms with Crippen molar-refractivity contribution in [1.29, 1.82) is 0 Å². The largest absolute Gasteiger partial charge is 0.480 e. The van der Waals surface area contributed by atoms with Gasteiger partial charge in [-0.05, 0) is 19.3 Å². The molecule has 18 heavy (non-hydrogen) atoms. The second kappa shape index (κ2) is 5.30. The summed E-state index contributed by atoms with van der Waals surface area (Å²) in [5.41, 5.74) is 0. The number of aryl methyl sites for hydroxylation is 1. The van der Waals surface area contributed by atoms with Crippen LogP contribution in [0.15, 0.2) is 0 Å². The molecule has 0 radical (unpaired) electrons. The minimum atomic E-state index is -1.01. The number of carbonyl (C=O) groups excluding carboxylic acids is 1. The lowest BCUT2D eigenvalue weighted by molar-refractivity contribution is -0.139. The van der Waals surface area contributed by atoms with Crippen LogP contribution in [0.1, 0.15) is 25.1 Å². The molecule has 1 unspecified atom stereocenters. The molecule has 1 heterocycles. The zero-order chi connectivity index (χ0) is 13.1. The molecule has 0 saturated heterocycles. The first-order valence-corrected chi connectivity index (χ1v) is 6.42. The van der Waals surface area contributed by atoms with Crippen LogP contribution >= 0.6 is 11.5 Å². The minimum Gasteiger partial charge on any atom is -0.480 e. The van der Waals surface area contributed by atoms with Crippen molar-refractivity contribution in [2.24, 2.45) is 5.92 Å². The van der Waals surface area contributed by atoms with Crippen molar-refractivity contribution in [2.45, 2.75) is 32.2 Å². The van der Waals surface area contributed by atoms with Crippen LogP contribution in [0.3, 0.4) is 0 Å². The van der Waals surface area contributed by atoms with E-state index in [1.165, 1.54) is 0 Å². The number of carbonyl (C=O) groups is 2. The van der Waals surface area contributed by atoms with Crippen LogP contribution in [0.4, 0.5) is 9.93 Å². The van der Waals surface area contributed by atoms with Crippen LogP contribution in [-0.2, 0) is 4.79 Å². The van der Waals surface area contributed by atoms with Crippen molar-refractivity contribution in [3.8, 4) is 0 Å². The number of aliphatic carboxylic acids is 1. The SMILES string of the molecule is Cc1nsc(NC(=O)NC(CC2CC2)C(=O)O)n1. The average Bonchev–Trinajstić information content (AvgIpc) is 3.01. The fourth-order valence-electron chi connectivity index (χ4n) is 1.55. The standard InChI is InChI=1S/C10H14N4O3S/c1-5-11-10(18-14-5)13-9(17)12-7(8(15)16)4-6-2-3-6/h6-7H,2-4H2,1H3,(H,15,16)(H2,11,12,13,14,17). The highest BCUT2D eigenvalue weighted by Crippen LogP contribution is 2.33. The van der Waals surface area contributed by atoms with E-state index >= 15 is 0 Å². The molecule has 1 aromatic rings. The Balaban J connectivity index is 1.85. The van der Waals surface area contributed by atoms with Gasteiger partial charge in [0.1, 0.15) is 11.9 Å². The summed E-state index contributed by atoms with van der Waals surface area (Å²) in [6, 6.07) is -1.40. The molecule has 7 nitrogen and oxygen atoms in total. The third-order valence-corrected chi connectivity index (χ3v) is 3.34. The van der Waals surface area contributed by atoms with Gasteiger partial charge in [0, 0.05) is 11.5 Å². The Morgan fingerprint density at radius 1 is 1.56 bits per heavy atom. The average molecular weight is 270 g/mol. The second-order valence-electron chi connectivity index (χ2n) is 4.32. The van der Waals surface area contributed by atoms with E-state index in [1.54, 1.807) is 6.92 Å². The zero-order valence-corrected chi connectivity index (χ0v) is 10.7. The highest BCUT2D eigenvalue weighted by molar-refractivity contribution is 7.09. The molecule has 0 aliphatic heterocycles. The number of amides is 2. The van der Waals surface area contributed by atoms with E-state index in [4.69, 9.17) is 5.11 Å². The number of hydrogen-bond donors (Lipinski definition) is 3. The van der Waals surface area contributed by atoms with Crippen LogP contribution in [-0.4, -0.2) is 32.5 Å². The normalized spacial score (nSPS) is 16.1. The summed E-state index contributed by atoms with van der Waals surface area (Å²) in [6.07, 6.45) is 2.57. The highest BCUT2D eigenvalue weighted by atomic mass is 32.1. The number of rotatable bonds is 5. The van der Waals surface area contributed by atoms with E-state index in [2.05, 4.69) is 20.0 Å². The quantitative estimate of drug-likeness (QED) is 0.746. The lowest BCUT2D eigenvalue weighted by Crippen LogP contribution is -2.43. The number of hydrogen-bond acceptors (Lipinski definition) is 5. The molecule has 2 amide bonds. The van der Waals surface area contributed by atoms with Crippen molar-refractivity contribution in [3.63, 3.8) is 0 Å². The van der Waals surface area contributed by atoms with Crippen LogP contribution in [0, 0.1) is 12.8 Å². The molecule has 1 aliphatic carbocycles. The van der Waals surface area contributed by atoms with Gasteiger partial charge in [0.25, 0.3) is 0 Å². The Labute approximate surface area is 108 Å². The molecule has 1 fully saturated rings. The van der Waals surface area contributed by atoms with Crippen LogP contribution < -0.4 is 10.6 Å². The number of nitrogens with zero attached hydrogens (tertiary/aromatic N) is 2. The number of aromatic nitrogens is 2. The van der Waals surface area contributed by atoms with Gasteiger partial charge >= 0.3 is 12.0 Å². The van der Waals surface area contributed by atoms with E-state index < -0.39 is 18.0 Å². The van der Waals surface area contributed by atoms with Crippen LogP contribution in [0.25, 0.3) is 0 Å². The Morgan fingerprint density at radius 2 is 2.28 bits per heavy atom. The number of carboxylic acid groups (broad SMARTS) is 1. The summed E-state index contributed by atoms with van der Waals surface area (Å²) in [5.74, 6) is -0.0104. The lowest BCUT2D eigenvalue weighted by atomic mass is 10.1. The molecule has 8 heteroatoms. The fourth-order valence-corrected chi connectivity index (χ4v) is 2.12. The van der Waals surface area contributed by atoms with Gasteiger partial charge in [0.2, 0.25) is 5.13 Å². The van der Waals surface area contributed by atoms with Crippen molar-refractivity contribution in [1.82, 2.24) is 14.7 Å². The van der Waals surface area contributed by atoms with Gasteiger partial charge in [-0.2, -0.15) is 4.37 Å². The monoisotopic (exact) mass is 270 g/mol. The van der Waals surface area contributed by atoms with E-state index in [9.17, 15) is 9.59 Å². The molecule has 0 spiro atoms. The lowest BCUT2D eigenvalue weighted by Gasteiger charge is -2.13. The molecule has 3 N–H and O–H groups in total. The first-order valence-electron chi connectivity index (χ1n) is 5.65. The first kappa shape index (κ1) is 12.7. The Morgan fingerprint density at radius 3 is 2.78 bits per heavy atom. The van der Waals surface area contributed by atoms with Crippen LogP contribution in [0.2, 0.25) is 0 Å². The van der Waals surface area contributed by atoms with Gasteiger partial charge < -0.3 is 10.4 Å². The maximum atomic E-state index is 11.6. The molecular formula is C10H14N4O3S. The predicted octanol–water partition coefficient (Wildman–Crippen LogP) is 1.22. The van der Waals surface area contributed by atoms with Gasteiger partial charge in [0.15, 0.2) is 0 Å². The predicted molar refractivity (Wildman–Crippen MR) is 65.6 cm³/mol. The first-order chi connectivity index (χ1) is 8.54. The molecule has 2 rings (SSSR count). The van der Waals surface area contributed by atoms with E-state index in [1.807, 2.05) is 0 Å². The summed E-state index contributed by atoms with van der Waals surface area (Å²) in [6.45, 7) is 1.72. The highest BCUT2D eigenvalue weighted by Gasteiger charge is 2.30. The maximum Gasteiger partial charge on any atom is 0.326 e. The van der Waals surface area contributed by atoms with Gasteiger partial charge in [-0.1, -0.05) is 12.8 Å². The Kier molecular flexibility index (Phi) is 3.75. The van der Waals surface area contributed by atoms with Gasteiger partial charge in [0.05, 0.1) is 0 Å². The summed E-state index contributed by atoms with van der Waals surface area (Å²) in [4.78, 5) is 26.5. The summed E-state index contributed by atoms with van der Waals surface area (Å²) >= 11 is 1.06. The maximum absolute atomic E-state index is 11.6. The van der Waals surface area contributed by atoms with E-state index in [0.717, 1.165) is 24.4 Å². The smallest absolute Gasteiger partial charge is 0.326 e. The topological polar surface area (TPSA) is 104 Å². The summed E-state index contributed by atoms with van der Waals surface area (Å²) in [5, 5.41) is 14.3. The van der Waals surface area contributed by atoms with Crippen LogP contribution in [0.5, 0.6) is 0 Å². The molecule has 98 valence electrons. The Hall–Kier alpha value is -1.70. The number of nitrogens with one attached hydrogen (secondary N) is 2. The van der Waals surface area contributed by atoms with Gasteiger partial charge in [-0.3, -0.25) is 5.32 Å². The molecule has 1 saturated carbocycles. The molecular weight excluding hydrogens is 256 g/mol. The molecule has 1 aromatic heterocycles. The van der Waals surface area contributed by atoms with Crippen molar-refractivity contribution in [2.75, 3.05) is 5.32 Å². The van der Waals surface area contributed by atoms with Crippen molar-refractivity contribution >= 4 is 28.7 Å². The van der Waals surface area contributed by atoms with Crippen molar-refractivity contribution < 1.29 is 14.7 Å². The third kappa shape index (κ3) is 3.66. The van der Waals surface area contributed by atoms with Crippen molar-refractivity contribution in [3.05, 3.63) is 5.82 Å². The van der Waals surface area contributed by atoms with Gasteiger partial charge in [-0.25, -0.2) is 14.6 Å². The number of urea groups is 1. The summed E-state index contributed by atoms with van der Waals surface area (Å²) < 4.78 is 3.91. The number of anilines is 1. The number of carboxylic acids is 1. The van der Waals surface area contributed by atoms with E-state index in [0.29, 0.717) is 23.3 Å². The van der Waals surface area contributed by atoms with E-state index in [-0.39, 0.29) is 0 Å².